The van der Waals surface area contributed by atoms with Crippen LogP contribution in [0.2, 0.25) is 0 Å². The van der Waals surface area contributed by atoms with E-state index in [4.69, 9.17) is 0 Å². The number of carboxylic acid groups (broad SMARTS) is 1. The first-order chi connectivity index (χ1) is 19.3. The molecule has 0 fully saturated rings. The molecule has 2 aliphatic rings. The van der Waals surface area contributed by atoms with Crippen molar-refractivity contribution in [3.8, 4) is 0 Å². The number of aliphatic carboxylic acids is 1. The molecule has 226 valence electrons. The standard InChI is InChI=1S/C32H44O7S2/c1-31(2,21-33)15-9-7-11-24-17-22(34)19-28(40(24)38)26-13-5-6-14-27(26)29-20-23(35)18-25(41(29)39)12-8-10-16-32(3,4)30(36)37/h5-6,13-14,17,20,33,40-41H,7-12,15-16,18-19,21H2,1-4H3,(H-2,35,36,37,38,39). The van der Waals surface area contributed by atoms with E-state index in [0.29, 0.717) is 62.8 Å². The van der Waals surface area contributed by atoms with Gasteiger partial charge in [-0.2, -0.15) is 21.5 Å². The van der Waals surface area contributed by atoms with E-state index in [2.05, 4.69) is 0 Å². The van der Waals surface area contributed by atoms with Gasteiger partial charge in [0.2, 0.25) is 0 Å². The second kappa shape index (κ2) is 14.3. The number of hydrogen-bond acceptors (Lipinski definition) is 6. The summed E-state index contributed by atoms with van der Waals surface area (Å²) < 4.78 is 27.4. The number of ketones is 2. The summed E-state index contributed by atoms with van der Waals surface area (Å²) in [5.41, 5.74) is 0.152. The van der Waals surface area contributed by atoms with Crippen LogP contribution < -0.4 is 0 Å². The number of allylic oxidation sites excluding steroid dienone is 3. The fraction of sp³-hybridized carbons (Fsp3) is 0.531. The number of rotatable bonds is 14. The van der Waals surface area contributed by atoms with Gasteiger partial charge in [-0.15, -0.1) is 0 Å². The van der Waals surface area contributed by atoms with Gasteiger partial charge >= 0.3 is 5.97 Å². The van der Waals surface area contributed by atoms with Crippen molar-refractivity contribution < 1.29 is 33.7 Å². The molecule has 41 heavy (non-hydrogen) atoms. The van der Waals surface area contributed by atoms with Gasteiger partial charge < -0.3 is 19.3 Å². The maximum absolute atomic E-state index is 13.7. The van der Waals surface area contributed by atoms with Crippen LogP contribution in [-0.4, -0.2) is 53.2 Å². The van der Waals surface area contributed by atoms with E-state index >= 15 is 0 Å². The lowest BCUT2D eigenvalue weighted by Crippen LogP contribution is -2.24. The summed E-state index contributed by atoms with van der Waals surface area (Å²) in [4.78, 5) is 39.0. The highest BCUT2D eigenvalue weighted by Crippen LogP contribution is 2.32. The molecule has 0 radical (unpaired) electrons. The molecule has 0 bridgehead atoms. The highest BCUT2D eigenvalue weighted by atomic mass is 32.2. The molecular weight excluding hydrogens is 560 g/mol. The molecule has 1 aromatic carbocycles. The molecule has 2 N–H and O–H groups in total. The van der Waals surface area contributed by atoms with Crippen molar-refractivity contribution in [3.05, 3.63) is 52.4 Å². The van der Waals surface area contributed by atoms with Gasteiger partial charge in [-0.3, -0.25) is 14.4 Å². The quantitative estimate of drug-likeness (QED) is 0.135. The van der Waals surface area contributed by atoms with E-state index in [1.54, 1.807) is 38.1 Å². The van der Waals surface area contributed by atoms with Crippen LogP contribution in [0, 0.1) is 10.8 Å². The Morgan fingerprint density at radius 2 is 1.46 bits per heavy atom. The number of aliphatic hydroxyl groups excluding tert-OH is 1. The molecule has 2 heterocycles. The number of carbonyl (C=O) groups excluding carboxylic acids is 2. The van der Waals surface area contributed by atoms with Crippen LogP contribution in [0.15, 0.2) is 41.3 Å². The Morgan fingerprint density at radius 1 is 0.854 bits per heavy atom. The van der Waals surface area contributed by atoms with Gasteiger partial charge in [0.05, 0.1) is 28.0 Å². The van der Waals surface area contributed by atoms with E-state index in [1.807, 2.05) is 13.8 Å². The van der Waals surface area contributed by atoms with E-state index in [1.165, 1.54) is 12.2 Å². The molecule has 2 aliphatic heterocycles. The summed E-state index contributed by atoms with van der Waals surface area (Å²) in [6.45, 7) is 7.46. The van der Waals surface area contributed by atoms with Crippen LogP contribution in [0.1, 0.15) is 103 Å². The fourth-order valence-electron chi connectivity index (χ4n) is 5.12. The third-order valence-electron chi connectivity index (χ3n) is 7.93. The van der Waals surface area contributed by atoms with E-state index in [-0.39, 0.29) is 36.4 Å². The second-order valence-electron chi connectivity index (χ2n) is 12.5. The Bertz CT molecular complexity index is 1310. The Kier molecular flexibility index (Phi) is 11.7. The summed E-state index contributed by atoms with van der Waals surface area (Å²) in [6.07, 6.45) is 8.23. The van der Waals surface area contributed by atoms with Gasteiger partial charge in [0, 0.05) is 42.7 Å². The number of hydrogen-bond donors (Lipinski definition) is 2. The van der Waals surface area contributed by atoms with Crippen LogP contribution in [0.25, 0.3) is 4.91 Å². The Labute approximate surface area is 248 Å². The molecule has 0 saturated heterocycles. The summed E-state index contributed by atoms with van der Waals surface area (Å²) in [7, 11) is -3.99. The number of carbonyl (C=O) groups is 3. The van der Waals surface area contributed by atoms with Crippen molar-refractivity contribution in [2.75, 3.05) is 6.61 Å². The highest BCUT2D eigenvalue weighted by molar-refractivity contribution is 8.00. The normalized spacial score (nSPS) is 20.3. The van der Waals surface area contributed by atoms with Crippen molar-refractivity contribution in [1.82, 2.24) is 0 Å². The molecule has 3 rings (SSSR count). The van der Waals surface area contributed by atoms with Crippen molar-refractivity contribution >= 4 is 53.7 Å². The molecule has 0 amide bonds. The van der Waals surface area contributed by atoms with E-state index < -0.39 is 32.9 Å². The summed E-state index contributed by atoms with van der Waals surface area (Å²) in [5.74, 6) is -1.12. The summed E-state index contributed by atoms with van der Waals surface area (Å²) in [6, 6.07) is 7.14. The molecule has 7 nitrogen and oxygen atoms in total. The van der Waals surface area contributed by atoms with E-state index in [9.17, 15) is 33.7 Å². The van der Waals surface area contributed by atoms with E-state index in [0.717, 1.165) is 19.3 Å². The molecule has 0 saturated carbocycles. The second-order valence-corrected chi connectivity index (χ2v) is 15.9. The minimum Gasteiger partial charge on any atom is -0.646 e. The maximum atomic E-state index is 13.7. The highest BCUT2D eigenvalue weighted by Gasteiger charge is 2.29. The van der Waals surface area contributed by atoms with Crippen LogP contribution in [0.3, 0.4) is 0 Å². The SMILES string of the molecule is CC(C)(CO)CCCCC1=CC(=O)CC(c2ccccc2C2=CC(=O)CC(CCCCC(C)(C)C(=O)O)=[SH+]2[O-])=[SH+]1[O-]. The Morgan fingerprint density at radius 3 is 2.12 bits per heavy atom. The molecule has 0 aliphatic carbocycles. The first-order valence-corrected chi connectivity index (χ1v) is 16.8. The Hall–Kier alpha value is -2.17. The van der Waals surface area contributed by atoms with Crippen molar-refractivity contribution in [1.29, 1.82) is 0 Å². The van der Waals surface area contributed by atoms with Gasteiger partial charge in [-0.25, -0.2) is 0 Å². The zero-order valence-electron chi connectivity index (χ0n) is 24.6. The first kappa shape index (κ1) is 33.3. The lowest BCUT2D eigenvalue weighted by atomic mass is 9.87. The van der Waals surface area contributed by atoms with Crippen LogP contribution >= 0.6 is 0 Å². The number of unbranched alkanes of at least 4 members (excludes halogenated alkanes) is 2. The predicted molar refractivity (Wildman–Crippen MR) is 169 cm³/mol. The lowest BCUT2D eigenvalue weighted by Gasteiger charge is -2.24. The average molecular weight is 605 g/mol. The number of aliphatic hydroxyl groups is 1. The van der Waals surface area contributed by atoms with Crippen LogP contribution in [0.5, 0.6) is 0 Å². The minimum atomic E-state index is -2.01. The summed E-state index contributed by atoms with van der Waals surface area (Å²) >= 11 is 0. The third kappa shape index (κ3) is 8.91. The number of carboxylic acids is 1. The van der Waals surface area contributed by atoms with Crippen molar-refractivity contribution in [3.63, 3.8) is 0 Å². The maximum Gasteiger partial charge on any atom is 0.309 e. The van der Waals surface area contributed by atoms with Gasteiger partial charge in [-0.1, -0.05) is 38.8 Å². The number of benzene rings is 1. The van der Waals surface area contributed by atoms with Gasteiger partial charge in [0.15, 0.2) is 11.6 Å². The number of thiol groups is 2. The third-order valence-corrected chi connectivity index (χ3v) is 11.5. The van der Waals surface area contributed by atoms with Crippen molar-refractivity contribution in [2.45, 2.75) is 91.9 Å². The first-order valence-electron chi connectivity index (χ1n) is 14.3. The largest absolute Gasteiger partial charge is 0.646 e. The van der Waals surface area contributed by atoms with Crippen LogP contribution in [-0.2, 0) is 35.9 Å². The Balaban J connectivity index is 1.84. The molecule has 9 heteroatoms. The molecule has 0 aromatic heterocycles. The minimum absolute atomic E-state index is 0.0151. The fourth-order valence-corrected chi connectivity index (χ4v) is 8.48. The molecule has 2 atom stereocenters. The van der Waals surface area contributed by atoms with Crippen molar-refractivity contribution in [2.24, 2.45) is 10.8 Å². The molecule has 2 unspecified atom stereocenters. The smallest absolute Gasteiger partial charge is 0.309 e. The molecule has 0 spiro atoms. The van der Waals surface area contributed by atoms with Gasteiger partial charge in [0.1, 0.15) is 9.77 Å². The lowest BCUT2D eigenvalue weighted by molar-refractivity contribution is -0.147. The van der Waals surface area contributed by atoms with Gasteiger partial charge in [0.25, 0.3) is 0 Å². The predicted octanol–water partition coefficient (Wildman–Crippen LogP) is 4.76. The molecule has 1 aromatic rings. The zero-order valence-corrected chi connectivity index (χ0v) is 26.4. The topological polar surface area (TPSA) is 138 Å². The molecular formula is C32H44O7S2. The average Bonchev–Trinajstić information content (AvgIpc) is 2.92. The zero-order chi connectivity index (χ0) is 30.4. The monoisotopic (exact) mass is 604 g/mol. The van der Waals surface area contributed by atoms with Crippen LogP contribution in [0.4, 0.5) is 0 Å². The van der Waals surface area contributed by atoms with Gasteiger partial charge in [-0.05, 0) is 57.1 Å². The summed E-state index contributed by atoms with van der Waals surface area (Å²) in [5, 5.41) is 18.8.